The van der Waals surface area contributed by atoms with E-state index < -0.39 is 10.0 Å². The predicted octanol–water partition coefficient (Wildman–Crippen LogP) is 6.26. The quantitative estimate of drug-likeness (QED) is 0.469. The number of allylic oxidation sites excluding steroid dienone is 2. The summed E-state index contributed by atoms with van der Waals surface area (Å²) in [6.45, 7) is 6.53. The van der Waals surface area contributed by atoms with Crippen molar-refractivity contribution in [3.8, 4) is 0 Å². The van der Waals surface area contributed by atoms with E-state index in [4.69, 9.17) is 0 Å². The Labute approximate surface area is 197 Å². The van der Waals surface area contributed by atoms with Gasteiger partial charge in [-0.3, -0.25) is 4.31 Å². The molecule has 0 spiro atoms. The van der Waals surface area contributed by atoms with Crippen molar-refractivity contribution in [1.82, 2.24) is 0 Å². The maximum absolute atomic E-state index is 13.4. The first-order chi connectivity index (χ1) is 15.8. The molecule has 1 aliphatic carbocycles. The minimum Gasteiger partial charge on any atom is -0.378 e. The molecule has 3 atom stereocenters. The van der Waals surface area contributed by atoms with Gasteiger partial charge in [0.15, 0.2) is 0 Å². The molecule has 3 aromatic rings. The zero-order valence-electron chi connectivity index (χ0n) is 19.5. The van der Waals surface area contributed by atoms with Crippen LogP contribution in [0.25, 0.3) is 0 Å². The lowest BCUT2D eigenvalue weighted by molar-refractivity contribution is 0.422. The molecule has 33 heavy (non-hydrogen) atoms. The van der Waals surface area contributed by atoms with Crippen molar-refractivity contribution < 1.29 is 8.42 Å². The van der Waals surface area contributed by atoms with E-state index in [0.29, 0.717) is 16.5 Å². The van der Waals surface area contributed by atoms with Gasteiger partial charge in [-0.15, -0.1) is 0 Å². The van der Waals surface area contributed by atoms with Crippen molar-refractivity contribution in [2.75, 3.05) is 16.7 Å². The van der Waals surface area contributed by atoms with Crippen LogP contribution < -0.4 is 9.62 Å². The Hall–Kier alpha value is -3.05. The number of anilines is 2. The third-order valence-electron chi connectivity index (χ3n) is 7.16. The van der Waals surface area contributed by atoms with E-state index >= 15 is 0 Å². The summed E-state index contributed by atoms with van der Waals surface area (Å²) in [4.78, 5) is 0.328. The number of hydrogen-bond acceptors (Lipinski definition) is 3. The number of fused-ring (bicyclic) bond motifs is 3. The number of rotatable bonds is 4. The maximum Gasteiger partial charge on any atom is 0.264 e. The highest BCUT2D eigenvalue weighted by Gasteiger charge is 2.39. The fourth-order valence-corrected chi connectivity index (χ4v) is 6.87. The molecule has 3 aromatic carbocycles. The molecule has 3 unspecified atom stereocenters. The van der Waals surface area contributed by atoms with E-state index in [0.717, 1.165) is 17.7 Å². The minimum atomic E-state index is -3.66. The number of nitrogens with zero attached hydrogens (tertiary/aromatic N) is 1. The van der Waals surface area contributed by atoms with E-state index in [1.807, 2.05) is 42.5 Å². The van der Waals surface area contributed by atoms with Crippen LogP contribution in [0.15, 0.2) is 77.7 Å². The third kappa shape index (κ3) is 3.65. The van der Waals surface area contributed by atoms with E-state index in [-0.39, 0.29) is 12.0 Å². The monoisotopic (exact) mass is 458 g/mol. The lowest BCUT2D eigenvalue weighted by atomic mass is 9.75. The molecular formula is C28H30N2O2S. The second kappa shape index (κ2) is 8.07. The SMILES string of the molecule is Cc1cc(C)c(C2Nc3ccc(S(=O)(=O)N(C)c4ccccc4)cc3C3C=CCC32)c(C)c1. The number of nitrogens with one attached hydrogen (secondary N) is 1. The topological polar surface area (TPSA) is 49.4 Å². The summed E-state index contributed by atoms with van der Waals surface area (Å²) < 4.78 is 28.2. The molecule has 5 heteroatoms. The standard InChI is InChI=1S/C28H30N2O2S/c1-18-15-19(2)27(20(3)16-18)28-24-12-8-11-23(24)25-17-22(13-14-26(25)29-28)33(31,32)30(4)21-9-6-5-7-10-21/h5-11,13-17,23-24,28-29H,12H2,1-4H3. The Kier molecular flexibility index (Phi) is 5.32. The van der Waals surface area contributed by atoms with Gasteiger partial charge in [0.2, 0.25) is 0 Å². The van der Waals surface area contributed by atoms with Crippen LogP contribution in [0.2, 0.25) is 0 Å². The summed E-state index contributed by atoms with van der Waals surface area (Å²) in [5, 5.41) is 3.78. The number of aryl methyl sites for hydroxylation is 3. The molecule has 4 nitrogen and oxygen atoms in total. The highest BCUT2D eigenvalue weighted by Crippen LogP contribution is 2.51. The van der Waals surface area contributed by atoms with Gasteiger partial charge in [0.1, 0.15) is 0 Å². The highest BCUT2D eigenvalue weighted by molar-refractivity contribution is 7.92. The van der Waals surface area contributed by atoms with Crippen molar-refractivity contribution in [3.05, 3.63) is 101 Å². The average Bonchev–Trinajstić information content (AvgIpc) is 3.28. The van der Waals surface area contributed by atoms with Gasteiger partial charge in [-0.05, 0) is 85.7 Å². The number of hydrogen-bond donors (Lipinski definition) is 1. The fraction of sp³-hybridized carbons (Fsp3) is 0.286. The van der Waals surface area contributed by atoms with E-state index in [1.165, 1.54) is 26.6 Å². The van der Waals surface area contributed by atoms with Crippen LogP contribution in [0.3, 0.4) is 0 Å². The Bertz CT molecular complexity index is 1320. The molecule has 1 N–H and O–H groups in total. The van der Waals surface area contributed by atoms with Gasteiger partial charge in [-0.2, -0.15) is 0 Å². The Morgan fingerprint density at radius 3 is 2.33 bits per heavy atom. The van der Waals surface area contributed by atoms with Gasteiger partial charge in [-0.25, -0.2) is 8.42 Å². The van der Waals surface area contributed by atoms with Crippen molar-refractivity contribution in [3.63, 3.8) is 0 Å². The molecule has 0 aromatic heterocycles. The first kappa shape index (κ1) is 21.8. The van der Waals surface area contributed by atoms with Gasteiger partial charge in [-0.1, -0.05) is 48.0 Å². The molecule has 0 fully saturated rings. The summed E-state index contributed by atoms with van der Waals surface area (Å²) in [5.74, 6) is 0.561. The Morgan fingerprint density at radius 1 is 0.939 bits per heavy atom. The summed E-state index contributed by atoms with van der Waals surface area (Å²) in [6, 6.07) is 19.5. The van der Waals surface area contributed by atoms with Crippen LogP contribution in [0, 0.1) is 26.7 Å². The number of sulfonamides is 1. The van der Waals surface area contributed by atoms with Gasteiger partial charge < -0.3 is 5.32 Å². The van der Waals surface area contributed by atoms with Crippen LogP contribution >= 0.6 is 0 Å². The van der Waals surface area contributed by atoms with E-state index in [2.05, 4.69) is 50.4 Å². The molecule has 0 bridgehead atoms. The molecule has 0 amide bonds. The number of para-hydroxylation sites is 1. The molecule has 1 heterocycles. The Morgan fingerprint density at radius 2 is 1.64 bits per heavy atom. The third-order valence-corrected chi connectivity index (χ3v) is 8.94. The Balaban J connectivity index is 1.55. The molecule has 0 saturated carbocycles. The molecule has 0 saturated heterocycles. The summed E-state index contributed by atoms with van der Waals surface area (Å²) in [5.41, 5.74) is 8.00. The van der Waals surface area contributed by atoms with Crippen LogP contribution in [0.1, 0.15) is 46.2 Å². The normalized spacial score (nSPS) is 21.3. The molecule has 170 valence electrons. The summed E-state index contributed by atoms with van der Waals surface area (Å²) >= 11 is 0. The first-order valence-corrected chi connectivity index (χ1v) is 12.9. The lowest BCUT2D eigenvalue weighted by Gasteiger charge is -2.39. The molecule has 1 aliphatic heterocycles. The summed E-state index contributed by atoms with van der Waals surface area (Å²) in [7, 11) is -2.05. The van der Waals surface area contributed by atoms with Crippen LogP contribution in [-0.2, 0) is 10.0 Å². The molecule has 0 radical (unpaired) electrons. The van der Waals surface area contributed by atoms with Crippen LogP contribution in [-0.4, -0.2) is 15.5 Å². The smallest absolute Gasteiger partial charge is 0.264 e. The van der Waals surface area contributed by atoms with Gasteiger partial charge >= 0.3 is 0 Å². The predicted molar refractivity (Wildman–Crippen MR) is 135 cm³/mol. The van der Waals surface area contributed by atoms with Gasteiger partial charge in [0.05, 0.1) is 16.6 Å². The van der Waals surface area contributed by atoms with Crippen molar-refractivity contribution in [1.29, 1.82) is 0 Å². The van der Waals surface area contributed by atoms with Gasteiger partial charge in [0, 0.05) is 18.7 Å². The zero-order chi connectivity index (χ0) is 23.3. The lowest BCUT2D eigenvalue weighted by Crippen LogP contribution is -2.31. The number of benzene rings is 3. The summed E-state index contributed by atoms with van der Waals surface area (Å²) in [6.07, 6.45) is 5.48. The van der Waals surface area contributed by atoms with Crippen molar-refractivity contribution in [2.24, 2.45) is 5.92 Å². The first-order valence-electron chi connectivity index (χ1n) is 11.5. The average molecular weight is 459 g/mol. The van der Waals surface area contributed by atoms with Crippen LogP contribution in [0.4, 0.5) is 11.4 Å². The second-order valence-electron chi connectivity index (χ2n) is 9.35. The fourth-order valence-electron chi connectivity index (χ4n) is 5.64. The molecule has 5 rings (SSSR count). The van der Waals surface area contributed by atoms with Crippen molar-refractivity contribution >= 4 is 21.4 Å². The minimum absolute atomic E-state index is 0.198. The molecular weight excluding hydrogens is 428 g/mol. The molecule has 2 aliphatic rings. The van der Waals surface area contributed by atoms with Crippen molar-refractivity contribution in [2.45, 2.75) is 44.0 Å². The second-order valence-corrected chi connectivity index (χ2v) is 11.3. The van der Waals surface area contributed by atoms with Gasteiger partial charge in [0.25, 0.3) is 10.0 Å². The van der Waals surface area contributed by atoms with E-state index in [1.54, 1.807) is 13.1 Å². The maximum atomic E-state index is 13.4. The zero-order valence-corrected chi connectivity index (χ0v) is 20.4. The highest BCUT2D eigenvalue weighted by atomic mass is 32.2. The van der Waals surface area contributed by atoms with Crippen LogP contribution in [0.5, 0.6) is 0 Å². The van der Waals surface area contributed by atoms with E-state index in [9.17, 15) is 8.42 Å². The largest absolute Gasteiger partial charge is 0.378 e.